The molecule has 0 atom stereocenters. The number of nitrogens with zero attached hydrogens (tertiary/aromatic N) is 5. The van der Waals surface area contributed by atoms with E-state index in [1.165, 1.54) is 35.3 Å². The first-order valence-corrected chi connectivity index (χ1v) is 15.9. The van der Waals surface area contributed by atoms with Gasteiger partial charge in [-0.05, 0) is 78.8 Å². The van der Waals surface area contributed by atoms with E-state index in [2.05, 4.69) is 49.9 Å². The number of halogens is 3. The van der Waals surface area contributed by atoms with Gasteiger partial charge in [-0.1, -0.05) is 49.9 Å². The van der Waals surface area contributed by atoms with Crippen LogP contribution in [0.4, 0.5) is 23.7 Å². The van der Waals surface area contributed by atoms with Gasteiger partial charge in [0.1, 0.15) is 17.8 Å². The lowest BCUT2D eigenvalue weighted by atomic mass is 10.00. The molecule has 0 saturated carbocycles. The molecule has 5 rings (SSSR count). The van der Waals surface area contributed by atoms with Crippen molar-refractivity contribution < 1.29 is 27.4 Å². The lowest BCUT2D eigenvalue weighted by molar-refractivity contribution is -0.274. The fourth-order valence-corrected chi connectivity index (χ4v) is 5.95. The van der Waals surface area contributed by atoms with Crippen LogP contribution in [0, 0.1) is 0 Å². The second-order valence-electron chi connectivity index (χ2n) is 10.9. The predicted molar refractivity (Wildman–Crippen MR) is 174 cm³/mol. The molecule has 0 aliphatic carbocycles. The zero-order chi connectivity index (χ0) is 32.7. The van der Waals surface area contributed by atoms with Gasteiger partial charge in [0.2, 0.25) is 0 Å². The fraction of sp³-hybridized carbons (Fsp3) is 0.333. The summed E-state index contributed by atoms with van der Waals surface area (Å²) in [6, 6.07) is 18.9. The summed E-state index contributed by atoms with van der Waals surface area (Å²) in [5.74, 6) is 2.18. The number of amidine groups is 1. The maximum absolute atomic E-state index is 12.8. The Hall–Kier alpha value is -4.52. The zero-order valence-corrected chi connectivity index (χ0v) is 26.6. The highest BCUT2D eigenvalue weighted by atomic mass is 32.2. The minimum atomic E-state index is -4.75. The number of aromatic nitrogens is 3. The predicted octanol–water partition coefficient (Wildman–Crippen LogP) is 7.61. The monoisotopic (exact) mass is 652 g/mol. The highest BCUT2D eigenvalue weighted by Crippen LogP contribution is 2.34. The van der Waals surface area contributed by atoms with Gasteiger partial charge in [-0.15, -0.1) is 18.3 Å². The third-order valence-corrected chi connectivity index (χ3v) is 8.35. The highest BCUT2D eigenvalue weighted by molar-refractivity contribution is 8.14. The number of ether oxygens (including phenoxy) is 2. The van der Waals surface area contributed by atoms with Gasteiger partial charge in [-0.3, -0.25) is 0 Å². The van der Waals surface area contributed by atoms with Crippen LogP contribution in [0.25, 0.3) is 17.1 Å². The molecule has 9 nitrogen and oxygen atoms in total. The summed E-state index contributed by atoms with van der Waals surface area (Å²) in [4.78, 5) is 23.7. The average Bonchev–Trinajstić information content (AvgIpc) is 3.53. The van der Waals surface area contributed by atoms with Crippen LogP contribution in [0.3, 0.4) is 0 Å². The molecule has 4 aromatic rings. The van der Waals surface area contributed by atoms with Gasteiger partial charge in [-0.2, -0.15) is 4.99 Å². The molecule has 2 heterocycles. The lowest BCUT2D eigenvalue weighted by Crippen LogP contribution is -2.36. The van der Waals surface area contributed by atoms with E-state index in [-0.39, 0.29) is 17.7 Å². The SMILES string of the molecule is COc1ccc(N2CCCSC2=NC(=O)NCCCc2ccc(-c3ncn(-c4ccc(OC(F)(F)F)cc4)n3)cc2)c(C(C)C)c1. The Balaban J connectivity index is 1.13. The summed E-state index contributed by atoms with van der Waals surface area (Å²) in [7, 11) is 1.66. The molecule has 3 aromatic carbocycles. The number of aliphatic imine (C=N–C) groups is 1. The van der Waals surface area contributed by atoms with Crippen molar-refractivity contribution in [3.63, 3.8) is 0 Å². The number of hydrogen-bond donors (Lipinski definition) is 1. The topological polar surface area (TPSA) is 93.9 Å². The quantitative estimate of drug-likeness (QED) is 0.176. The number of nitrogens with one attached hydrogen (secondary N) is 1. The second kappa shape index (κ2) is 14.7. The van der Waals surface area contributed by atoms with E-state index in [1.807, 2.05) is 36.4 Å². The third kappa shape index (κ3) is 8.59. The van der Waals surface area contributed by atoms with Crippen molar-refractivity contribution >= 4 is 28.6 Å². The molecule has 242 valence electrons. The Morgan fingerprint density at radius 3 is 2.50 bits per heavy atom. The van der Waals surface area contributed by atoms with Crippen molar-refractivity contribution in [2.75, 3.05) is 30.9 Å². The molecular formula is C33H35F3N6O3S. The minimum absolute atomic E-state index is 0.283. The smallest absolute Gasteiger partial charge is 0.497 e. The van der Waals surface area contributed by atoms with Crippen LogP contribution < -0.4 is 19.7 Å². The van der Waals surface area contributed by atoms with Crippen LogP contribution in [0.5, 0.6) is 11.5 Å². The molecule has 0 radical (unpaired) electrons. The molecule has 0 unspecified atom stereocenters. The molecule has 2 amide bonds. The Kier molecular flexibility index (Phi) is 10.5. The van der Waals surface area contributed by atoms with E-state index in [4.69, 9.17) is 4.74 Å². The Labute approximate surface area is 269 Å². The van der Waals surface area contributed by atoms with Crippen LogP contribution in [-0.4, -0.2) is 58.3 Å². The molecule has 13 heteroatoms. The summed E-state index contributed by atoms with van der Waals surface area (Å²) in [6.45, 7) is 5.57. The normalized spacial score (nSPS) is 14.5. The van der Waals surface area contributed by atoms with E-state index in [0.29, 0.717) is 23.2 Å². The standard InChI is InChI=1S/C33H35F3N6O3S/c1-22(2)28-20-27(44-3)15-16-29(28)41-18-5-19-46-32(41)39-31(43)37-17-4-6-23-7-9-24(10-8-23)30-38-21-42(40-30)25-11-13-26(14-12-25)45-33(34,35)36/h7-16,20-22H,4-6,17-19H2,1-3H3,(H,37,43). The Morgan fingerprint density at radius 1 is 1.07 bits per heavy atom. The number of anilines is 1. The lowest BCUT2D eigenvalue weighted by Gasteiger charge is -2.32. The number of aryl methyl sites for hydroxylation is 1. The van der Waals surface area contributed by atoms with Gasteiger partial charge in [0.05, 0.1) is 12.8 Å². The molecule has 46 heavy (non-hydrogen) atoms. The first kappa shape index (κ1) is 32.9. The number of thioether (sulfide) groups is 1. The number of hydrogen-bond acceptors (Lipinski definition) is 6. The van der Waals surface area contributed by atoms with Gasteiger partial charge < -0.3 is 19.7 Å². The van der Waals surface area contributed by atoms with Crippen molar-refractivity contribution in [3.05, 3.63) is 84.2 Å². The van der Waals surface area contributed by atoms with Crippen molar-refractivity contribution in [2.24, 2.45) is 4.99 Å². The molecule has 1 fully saturated rings. The first-order valence-electron chi connectivity index (χ1n) is 14.9. The van der Waals surface area contributed by atoms with Gasteiger partial charge in [0.15, 0.2) is 11.0 Å². The minimum Gasteiger partial charge on any atom is -0.497 e. The summed E-state index contributed by atoms with van der Waals surface area (Å²) in [6.07, 6.45) is -0.742. The third-order valence-electron chi connectivity index (χ3n) is 7.29. The van der Waals surface area contributed by atoms with E-state index in [9.17, 15) is 18.0 Å². The molecule has 1 N–H and O–H groups in total. The highest BCUT2D eigenvalue weighted by Gasteiger charge is 2.31. The summed E-state index contributed by atoms with van der Waals surface area (Å²) < 4.78 is 48.1. The molecule has 1 aliphatic heterocycles. The molecule has 0 spiro atoms. The van der Waals surface area contributed by atoms with Gasteiger partial charge in [-0.25, -0.2) is 14.5 Å². The van der Waals surface area contributed by atoms with E-state index < -0.39 is 6.36 Å². The first-order chi connectivity index (χ1) is 22.1. The van der Waals surface area contributed by atoms with Crippen LogP contribution >= 0.6 is 11.8 Å². The Bertz CT molecular complexity index is 1660. The number of methoxy groups -OCH3 is 1. The number of rotatable bonds is 10. The van der Waals surface area contributed by atoms with Crippen molar-refractivity contribution in [3.8, 4) is 28.6 Å². The summed E-state index contributed by atoms with van der Waals surface area (Å²) >= 11 is 1.59. The van der Waals surface area contributed by atoms with Gasteiger partial charge in [0.25, 0.3) is 0 Å². The maximum Gasteiger partial charge on any atom is 0.573 e. The number of amides is 2. The fourth-order valence-electron chi connectivity index (χ4n) is 5.00. The van der Waals surface area contributed by atoms with Crippen molar-refractivity contribution in [1.82, 2.24) is 20.1 Å². The van der Waals surface area contributed by atoms with E-state index in [1.54, 1.807) is 18.9 Å². The van der Waals surface area contributed by atoms with Crippen LogP contribution in [0.15, 0.2) is 78.0 Å². The van der Waals surface area contributed by atoms with E-state index >= 15 is 0 Å². The molecule has 1 saturated heterocycles. The maximum atomic E-state index is 12.8. The van der Waals surface area contributed by atoms with Crippen molar-refractivity contribution in [1.29, 1.82) is 0 Å². The Morgan fingerprint density at radius 2 is 1.80 bits per heavy atom. The average molecular weight is 653 g/mol. The van der Waals surface area contributed by atoms with Crippen LogP contribution in [0.1, 0.15) is 43.7 Å². The molecule has 0 bridgehead atoms. The van der Waals surface area contributed by atoms with Crippen molar-refractivity contribution in [2.45, 2.75) is 45.4 Å². The number of alkyl halides is 3. The summed E-state index contributed by atoms with van der Waals surface area (Å²) in [5, 5.41) is 8.07. The largest absolute Gasteiger partial charge is 0.573 e. The number of urea groups is 1. The molecular weight excluding hydrogens is 617 g/mol. The van der Waals surface area contributed by atoms with Crippen LogP contribution in [0.2, 0.25) is 0 Å². The number of benzene rings is 3. The van der Waals surface area contributed by atoms with Gasteiger partial charge in [0, 0.05) is 30.1 Å². The second-order valence-corrected chi connectivity index (χ2v) is 12.0. The van der Waals surface area contributed by atoms with Crippen LogP contribution in [-0.2, 0) is 6.42 Å². The molecule has 1 aliphatic rings. The number of carbonyl (C=O) groups excluding carboxylic acids is 1. The summed E-state index contributed by atoms with van der Waals surface area (Å²) in [5.41, 5.74) is 4.65. The molecule has 1 aromatic heterocycles. The number of carbonyl (C=O) groups is 1. The zero-order valence-electron chi connectivity index (χ0n) is 25.8. The van der Waals surface area contributed by atoms with E-state index in [0.717, 1.165) is 59.7 Å². The van der Waals surface area contributed by atoms with Gasteiger partial charge >= 0.3 is 12.4 Å².